The summed E-state index contributed by atoms with van der Waals surface area (Å²) in [7, 11) is -5.80. The van der Waals surface area contributed by atoms with Crippen molar-refractivity contribution in [2.45, 2.75) is 11.8 Å². The van der Waals surface area contributed by atoms with E-state index >= 15 is 0 Å². The van der Waals surface area contributed by atoms with Gasteiger partial charge in [0.15, 0.2) is 5.40 Å². The van der Waals surface area contributed by atoms with Crippen LogP contribution < -0.4 is 0 Å². The number of likely N-dealkylation sites (N-methyl/N-ethyl adjacent to an activating group) is 1. The molecule has 0 atom stereocenters. The van der Waals surface area contributed by atoms with Crippen molar-refractivity contribution in [1.29, 1.82) is 0 Å². The maximum Gasteiger partial charge on any atom is 0.341 e. The van der Waals surface area contributed by atoms with Crippen molar-refractivity contribution < 1.29 is 33.2 Å². The van der Waals surface area contributed by atoms with Crippen LogP contribution in [0.3, 0.4) is 0 Å². The quantitative estimate of drug-likeness (QED) is 0.446. The van der Waals surface area contributed by atoms with Crippen LogP contribution >= 0.6 is 15.2 Å². The van der Waals surface area contributed by atoms with Gasteiger partial charge in [-0.25, -0.2) is 0 Å². The van der Waals surface area contributed by atoms with E-state index in [4.69, 9.17) is 19.6 Å². The molecule has 0 fully saturated rings. The van der Waals surface area contributed by atoms with Crippen LogP contribution in [0.4, 0.5) is 0 Å². The van der Waals surface area contributed by atoms with Crippen molar-refractivity contribution in [2.24, 2.45) is 0 Å². The predicted molar refractivity (Wildman–Crippen MR) is 66.7 cm³/mol. The monoisotopic (exact) mass is 298 g/mol. The summed E-state index contributed by atoms with van der Waals surface area (Å²) in [5.74, 6) is 0. The molecule has 18 heavy (non-hydrogen) atoms. The van der Waals surface area contributed by atoms with Crippen molar-refractivity contribution in [3.8, 4) is 0 Å². The lowest BCUT2D eigenvalue weighted by Crippen LogP contribution is -2.35. The maximum absolute atomic E-state index is 11.1. The normalized spacial score (nSPS) is 20.1. The maximum atomic E-state index is 11.1. The van der Waals surface area contributed by atoms with Gasteiger partial charge in [-0.3, -0.25) is 13.6 Å². The van der Waals surface area contributed by atoms with Crippen LogP contribution in [-0.2, 0) is 9.13 Å². The summed E-state index contributed by atoms with van der Waals surface area (Å²) in [5, 5.41) is -1.96. The molecule has 0 aromatic heterocycles. The highest BCUT2D eigenvalue weighted by atomic mass is 31.2. The van der Waals surface area contributed by atoms with Gasteiger partial charge in [0, 0.05) is 0 Å². The summed E-state index contributed by atoms with van der Waals surface area (Å²) in [5.41, 5.74) is 0.532. The van der Waals surface area contributed by atoms with Gasteiger partial charge in [0.05, 0.1) is 20.3 Å². The molecule has 9 heteroatoms. The number of rotatable bonds is 4. The molecule has 0 spiro atoms. The molecule has 1 heterocycles. The van der Waals surface area contributed by atoms with E-state index in [0.717, 1.165) is 0 Å². The molecule has 0 saturated carbocycles. The summed E-state index contributed by atoms with van der Waals surface area (Å²) < 4.78 is 22.8. The van der Waals surface area contributed by atoms with E-state index in [1.807, 2.05) is 20.3 Å². The first-order valence-electron chi connectivity index (χ1n) is 5.23. The Morgan fingerprint density at radius 1 is 1.22 bits per heavy atom. The molecule has 0 radical (unpaired) electrons. The second kappa shape index (κ2) is 5.02. The van der Waals surface area contributed by atoms with Gasteiger partial charge in [-0.05, 0) is 24.1 Å². The first-order valence-corrected chi connectivity index (χ1v) is 8.59. The third kappa shape index (κ3) is 4.44. The lowest BCUT2D eigenvalue weighted by atomic mass is 10.1. The molecule has 0 bridgehead atoms. The highest BCUT2D eigenvalue weighted by Crippen LogP contribution is 2.62. The average molecular weight is 298 g/mol. The molecule has 1 rings (SSSR count). The zero-order valence-corrected chi connectivity index (χ0v) is 12.0. The number of allylic oxidation sites excluding steroid dienone is 2. The Hall–Kier alpha value is -0.260. The van der Waals surface area contributed by atoms with Crippen LogP contribution in [0.15, 0.2) is 23.9 Å². The fourth-order valence-corrected chi connectivity index (χ4v) is 4.04. The standard InChI is InChI=1S/C9H17NO6P2/c1-10(2)5-3-8(4-6-10)7-9(17(11,12)13)18(14,15)16/h3-5,9H,6-7H2,1-2H3,(H3-,11,12,13,14,15,16)/p+1. The van der Waals surface area contributed by atoms with Crippen molar-refractivity contribution in [1.82, 2.24) is 0 Å². The van der Waals surface area contributed by atoms with Gasteiger partial charge in [0.25, 0.3) is 0 Å². The van der Waals surface area contributed by atoms with Gasteiger partial charge in [0.2, 0.25) is 0 Å². The zero-order chi connectivity index (χ0) is 14.2. The summed E-state index contributed by atoms with van der Waals surface area (Å²) in [6.07, 6.45) is 4.86. The molecular weight excluding hydrogens is 280 g/mol. The molecule has 7 nitrogen and oxygen atoms in total. The highest BCUT2D eigenvalue weighted by molar-refractivity contribution is 7.70. The largest absolute Gasteiger partial charge is 0.341 e. The molecule has 4 N–H and O–H groups in total. The lowest BCUT2D eigenvalue weighted by molar-refractivity contribution is -0.833. The van der Waals surface area contributed by atoms with E-state index in [1.165, 1.54) is 0 Å². The molecule has 0 amide bonds. The van der Waals surface area contributed by atoms with Crippen molar-refractivity contribution in [3.05, 3.63) is 23.9 Å². The Morgan fingerprint density at radius 3 is 2.06 bits per heavy atom. The Bertz CT molecular complexity index is 449. The molecule has 104 valence electrons. The van der Waals surface area contributed by atoms with Crippen LogP contribution in [0.2, 0.25) is 0 Å². The van der Waals surface area contributed by atoms with Gasteiger partial charge in [-0.1, -0.05) is 0 Å². The van der Waals surface area contributed by atoms with Gasteiger partial charge >= 0.3 is 15.2 Å². The predicted octanol–water partition coefficient (Wildman–Crippen LogP) is 0.588. The molecule has 1 aliphatic heterocycles. The third-order valence-electron chi connectivity index (χ3n) is 2.71. The molecule has 0 saturated heterocycles. The molecule has 0 unspecified atom stereocenters. The number of quaternary nitrogens is 1. The van der Waals surface area contributed by atoms with Crippen molar-refractivity contribution in [2.75, 3.05) is 20.6 Å². The Balaban J connectivity index is 2.89. The molecule has 0 aliphatic carbocycles. The second-order valence-electron chi connectivity index (χ2n) is 4.92. The van der Waals surface area contributed by atoms with E-state index in [-0.39, 0.29) is 6.42 Å². The molecule has 0 aromatic rings. The van der Waals surface area contributed by atoms with Gasteiger partial charge in [-0.15, -0.1) is 0 Å². The lowest BCUT2D eigenvalue weighted by Gasteiger charge is -2.27. The van der Waals surface area contributed by atoms with Crippen LogP contribution in [0.1, 0.15) is 6.42 Å². The van der Waals surface area contributed by atoms with E-state index in [2.05, 4.69) is 0 Å². The van der Waals surface area contributed by atoms with Gasteiger partial charge in [-0.2, -0.15) is 0 Å². The smallest absolute Gasteiger partial charge is 0.324 e. The first-order chi connectivity index (χ1) is 7.92. The average Bonchev–Trinajstić information content (AvgIpc) is 2.12. The molecular formula is C9H18NO6P2+. The summed E-state index contributed by atoms with van der Waals surface area (Å²) in [6, 6.07) is 0. The second-order valence-corrected chi connectivity index (χ2v) is 8.93. The van der Waals surface area contributed by atoms with Crippen LogP contribution in [0, 0.1) is 0 Å². The number of hydrogen-bond donors (Lipinski definition) is 4. The van der Waals surface area contributed by atoms with E-state index < -0.39 is 20.6 Å². The van der Waals surface area contributed by atoms with Crippen LogP contribution in [-0.4, -0.2) is 50.1 Å². The molecule has 0 aromatic carbocycles. The third-order valence-corrected chi connectivity index (χ3v) is 6.43. The van der Waals surface area contributed by atoms with E-state index in [0.29, 0.717) is 16.6 Å². The minimum Gasteiger partial charge on any atom is -0.324 e. The topological polar surface area (TPSA) is 115 Å². The number of nitrogens with zero attached hydrogens (tertiary/aromatic N) is 1. The fraction of sp³-hybridized carbons (Fsp3) is 0.556. The van der Waals surface area contributed by atoms with E-state index in [9.17, 15) is 9.13 Å². The SMILES string of the molecule is C[N+]1(C)C=CC(CC(P(=O)(O)O)P(=O)(O)O)=CC1. The van der Waals surface area contributed by atoms with Gasteiger partial charge in [0.1, 0.15) is 6.54 Å². The van der Waals surface area contributed by atoms with Crippen LogP contribution in [0.25, 0.3) is 0 Å². The molecule has 1 aliphatic rings. The minimum absolute atomic E-state index is 0.328. The zero-order valence-electron chi connectivity index (χ0n) is 10.2. The summed E-state index contributed by atoms with van der Waals surface area (Å²) in [6.45, 7) is 0.612. The van der Waals surface area contributed by atoms with Gasteiger partial charge < -0.3 is 19.6 Å². The Labute approximate surface area is 105 Å². The highest BCUT2D eigenvalue weighted by Gasteiger charge is 2.43. The van der Waals surface area contributed by atoms with E-state index in [1.54, 1.807) is 12.2 Å². The Morgan fingerprint density at radius 2 is 1.72 bits per heavy atom. The van der Waals surface area contributed by atoms with Crippen molar-refractivity contribution in [3.63, 3.8) is 0 Å². The minimum atomic E-state index is -4.84. The first kappa shape index (κ1) is 15.8. The fourth-order valence-electron chi connectivity index (χ4n) is 1.57. The van der Waals surface area contributed by atoms with Crippen LogP contribution in [0.5, 0.6) is 0 Å². The summed E-state index contributed by atoms with van der Waals surface area (Å²) >= 11 is 0. The van der Waals surface area contributed by atoms with Crippen molar-refractivity contribution >= 4 is 15.2 Å². The Kier molecular flexibility index (Phi) is 4.41. The summed E-state index contributed by atoms with van der Waals surface area (Å²) in [4.78, 5) is 36.0. The number of hydrogen-bond acceptors (Lipinski definition) is 2.